The molecule has 1 N–H and O–H groups in total. The molecular weight excluding hydrogens is 324 g/mol. The average molecular weight is 345 g/mol. The van der Waals surface area contributed by atoms with Gasteiger partial charge >= 0.3 is 0 Å². The van der Waals surface area contributed by atoms with Crippen LogP contribution in [0.5, 0.6) is 0 Å². The molecule has 0 aromatic heterocycles. The molecular formula is C15H21ClN2O3S. The third-order valence-corrected chi connectivity index (χ3v) is 6.04. The number of piperidine rings is 1. The van der Waals surface area contributed by atoms with Crippen molar-refractivity contribution in [2.45, 2.75) is 37.5 Å². The van der Waals surface area contributed by atoms with E-state index < -0.39 is 10.0 Å². The Morgan fingerprint density at radius 2 is 1.95 bits per heavy atom. The second-order valence-corrected chi connectivity index (χ2v) is 7.68. The van der Waals surface area contributed by atoms with Gasteiger partial charge in [-0.3, -0.25) is 4.79 Å². The number of amides is 1. The third-order valence-electron chi connectivity index (χ3n) is 3.66. The SMILES string of the molecule is CCCNC(=O)c1ccc(Cl)c(S(=O)(=O)N2CCCCC2)c1. The van der Waals surface area contributed by atoms with E-state index in [0.717, 1.165) is 25.7 Å². The number of benzene rings is 1. The highest BCUT2D eigenvalue weighted by Gasteiger charge is 2.28. The van der Waals surface area contributed by atoms with E-state index in [9.17, 15) is 13.2 Å². The number of carbonyl (C=O) groups is 1. The Hall–Kier alpha value is -1.11. The standard InChI is InChI=1S/C15H21ClN2O3S/c1-2-8-17-15(19)12-6-7-13(16)14(11-12)22(20,21)18-9-4-3-5-10-18/h6-7,11H,2-5,8-10H2,1H3,(H,17,19). The van der Waals surface area contributed by atoms with Crippen LogP contribution < -0.4 is 5.32 Å². The van der Waals surface area contributed by atoms with Gasteiger partial charge < -0.3 is 5.32 Å². The van der Waals surface area contributed by atoms with Gasteiger partial charge in [-0.15, -0.1) is 0 Å². The molecule has 0 spiro atoms. The number of nitrogens with zero attached hydrogens (tertiary/aromatic N) is 1. The molecule has 0 saturated carbocycles. The maximum atomic E-state index is 12.7. The quantitative estimate of drug-likeness (QED) is 0.893. The van der Waals surface area contributed by atoms with E-state index in [2.05, 4.69) is 5.32 Å². The second kappa shape index (κ2) is 7.44. The van der Waals surface area contributed by atoms with E-state index in [0.29, 0.717) is 25.2 Å². The second-order valence-electron chi connectivity index (χ2n) is 5.37. The third kappa shape index (κ3) is 3.80. The zero-order valence-electron chi connectivity index (χ0n) is 12.6. The van der Waals surface area contributed by atoms with Gasteiger partial charge in [-0.2, -0.15) is 4.31 Å². The number of hydrogen-bond acceptors (Lipinski definition) is 3. The Morgan fingerprint density at radius 3 is 2.59 bits per heavy atom. The maximum absolute atomic E-state index is 12.7. The number of sulfonamides is 1. The Bertz CT molecular complexity index is 640. The molecule has 2 rings (SSSR count). The molecule has 1 aromatic rings. The minimum atomic E-state index is -3.65. The first-order chi connectivity index (χ1) is 10.5. The van der Waals surface area contributed by atoms with Crippen molar-refractivity contribution in [1.29, 1.82) is 0 Å². The molecule has 0 radical (unpaired) electrons. The summed E-state index contributed by atoms with van der Waals surface area (Å²) >= 11 is 6.07. The molecule has 0 bridgehead atoms. The fraction of sp³-hybridized carbons (Fsp3) is 0.533. The summed E-state index contributed by atoms with van der Waals surface area (Å²) in [6.07, 6.45) is 3.57. The lowest BCUT2D eigenvalue weighted by molar-refractivity contribution is 0.0953. The van der Waals surface area contributed by atoms with Crippen molar-refractivity contribution < 1.29 is 13.2 Å². The van der Waals surface area contributed by atoms with Gasteiger partial charge in [0.25, 0.3) is 5.91 Å². The van der Waals surface area contributed by atoms with Gasteiger partial charge in [-0.1, -0.05) is 24.9 Å². The fourth-order valence-corrected chi connectivity index (χ4v) is 4.44. The molecule has 0 aliphatic carbocycles. The Labute approximate surface area is 136 Å². The van der Waals surface area contributed by atoms with Crippen molar-refractivity contribution in [2.75, 3.05) is 19.6 Å². The fourth-order valence-electron chi connectivity index (χ4n) is 2.43. The highest BCUT2D eigenvalue weighted by molar-refractivity contribution is 7.89. The van der Waals surface area contributed by atoms with Crippen LogP contribution in [-0.2, 0) is 10.0 Å². The van der Waals surface area contributed by atoms with E-state index in [1.54, 1.807) is 6.07 Å². The highest BCUT2D eigenvalue weighted by Crippen LogP contribution is 2.27. The Kier molecular flexibility index (Phi) is 5.83. The molecule has 1 heterocycles. The van der Waals surface area contributed by atoms with E-state index in [1.807, 2.05) is 6.92 Å². The summed E-state index contributed by atoms with van der Waals surface area (Å²) in [6.45, 7) is 3.51. The highest BCUT2D eigenvalue weighted by atomic mass is 35.5. The van der Waals surface area contributed by atoms with Gasteiger partial charge in [0.2, 0.25) is 10.0 Å². The summed E-state index contributed by atoms with van der Waals surface area (Å²) in [5, 5.41) is 2.89. The lowest BCUT2D eigenvalue weighted by Crippen LogP contribution is -2.36. The van der Waals surface area contributed by atoms with Crippen LogP contribution in [0.4, 0.5) is 0 Å². The number of carbonyl (C=O) groups excluding carboxylic acids is 1. The zero-order chi connectivity index (χ0) is 16.2. The van der Waals surface area contributed by atoms with Crippen LogP contribution in [-0.4, -0.2) is 38.3 Å². The van der Waals surface area contributed by atoms with Crippen LogP contribution in [0.15, 0.2) is 23.1 Å². The zero-order valence-corrected chi connectivity index (χ0v) is 14.2. The van der Waals surface area contributed by atoms with Gasteiger partial charge in [-0.05, 0) is 37.5 Å². The summed E-state index contributed by atoms with van der Waals surface area (Å²) in [4.78, 5) is 12.0. The van der Waals surface area contributed by atoms with E-state index in [4.69, 9.17) is 11.6 Å². The lowest BCUT2D eigenvalue weighted by atomic mass is 10.2. The predicted molar refractivity (Wildman–Crippen MR) is 86.7 cm³/mol. The lowest BCUT2D eigenvalue weighted by Gasteiger charge is -2.26. The molecule has 7 heteroatoms. The number of rotatable bonds is 5. The summed E-state index contributed by atoms with van der Waals surface area (Å²) < 4.78 is 26.9. The molecule has 1 aliphatic heterocycles. The number of halogens is 1. The van der Waals surface area contributed by atoms with Gasteiger partial charge in [-0.25, -0.2) is 8.42 Å². The summed E-state index contributed by atoms with van der Waals surface area (Å²) in [5.74, 6) is -0.284. The molecule has 1 fully saturated rings. The smallest absolute Gasteiger partial charge is 0.251 e. The largest absolute Gasteiger partial charge is 0.352 e. The molecule has 22 heavy (non-hydrogen) atoms. The maximum Gasteiger partial charge on any atom is 0.251 e. The van der Waals surface area contributed by atoms with Crippen molar-refractivity contribution in [2.24, 2.45) is 0 Å². The monoisotopic (exact) mass is 344 g/mol. The van der Waals surface area contributed by atoms with Crippen LogP contribution in [0.1, 0.15) is 43.0 Å². The van der Waals surface area contributed by atoms with Crippen LogP contribution >= 0.6 is 11.6 Å². The Balaban J connectivity index is 2.31. The van der Waals surface area contributed by atoms with Gasteiger partial charge in [0.05, 0.1) is 5.02 Å². The van der Waals surface area contributed by atoms with Crippen molar-refractivity contribution in [3.05, 3.63) is 28.8 Å². The van der Waals surface area contributed by atoms with E-state index in [-0.39, 0.29) is 15.8 Å². The predicted octanol–water partition coefficient (Wildman–Crippen LogP) is 2.65. The molecule has 1 aliphatic rings. The summed E-state index contributed by atoms with van der Waals surface area (Å²) in [6, 6.07) is 4.39. The normalized spacial score (nSPS) is 16.5. The molecule has 0 atom stereocenters. The molecule has 1 aromatic carbocycles. The van der Waals surface area contributed by atoms with Crippen molar-refractivity contribution in [1.82, 2.24) is 9.62 Å². The summed E-state index contributed by atoms with van der Waals surface area (Å²) in [5.41, 5.74) is 0.313. The first-order valence-corrected chi connectivity index (χ1v) is 9.36. The molecule has 122 valence electrons. The minimum absolute atomic E-state index is 0.0141. The summed E-state index contributed by atoms with van der Waals surface area (Å²) in [7, 11) is -3.65. The van der Waals surface area contributed by atoms with Crippen LogP contribution in [0.25, 0.3) is 0 Å². The first-order valence-electron chi connectivity index (χ1n) is 7.54. The van der Waals surface area contributed by atoms with E-state index in [1.165, 1.54) is 16.4 Å². The van der Waals surface area contributed by atoms with Gasteiger partial charge in [0.15, 0.2) is 0 Å². The van der Waals surface area contributed by atoms with Crippen LogP contribution in [0.2, 0.25) is 5.02 Å². The van der Waals surface area contributed by atoms with Crippen molar-refractivity contribution in [3.63, 3.8) is 0 Å². The molecule has 1 saturated heterocycles. The van der Waals surface area contributed by atoms with Crippen LogP contribution in [0.3, 0.4) is 0 Å². The first kappa shape index (κ1) is 17.2. The number of nitrogens with one attached hydrogen (secondary N) is 1. The van der Waals surface area contributed by atoms with Crippen molar-refractivity contribution >= 4 is 27.5 Å². The van der Waals surface area contributed by atoms with Gasteiger partial charge in [0, 0.05) is 25.2 Å². The van der Waals surface area contributed by atoms with Crippen molar-refractivity contribution in [3.8, 4) is 0 Å². The number of hydrogen-bond donors (Lipinski definition) is 1. The van der Waals surface area contributed by atoms with E-state index >= 15 is 0 Å². The van der Waals surface area contributed by atoms with Crippen LogP contribution in [0, 0.1) is 0 Å². The van der Waals surface area contributed by atoms with Gasteiger partial charge in [0.1, 0.15) is 4.90 Å². The topological polar surface area (TPSA) is 66.5 Å². The molecule has 1 amide bonds. The minimum Gasteiger partial charge on any atom is -0.352 e. The Morgan fingerprint density at radius 1 is 1.27 bits per heavy atom. The average Bonchev–Trinajstić information content (AvgIpc) is 2.53. The molecule has 5 nitrogen and oxygen atoms in total. The molecule has 0 unspecified atom stereocenters.